The Kier molecular flexibility index (Phi) is 6.32. The van der Waals surface area contributed by atoms with Crippen molar-refractivity contribution in [3.63, 3.8) is 0 Å². The number of hydrogen-bond acceptors (Lipinski definition) is 4. The molecule has 0 saturated heterocycles. The molecule has 0 saturated carbocycles. The monoisotopic (exact) mass is 319 g/mol. The topological polar surface area (TPSA) is 40.6 Å². The van der Waals surface area contributed by atoms with Gasteiger partial charge >= 0.3 is 0 Å². The maximum absolute atomic E-state index is 5.29. The Morgan fingerprint density at radius 1 is 0.875 bits per heavy atom. The maximum atomic E-state index is 5.29. The van der Waals surface area contributed by atoms with E-state index in [0.29, 0.717) is 17.2 Å². The first-order valence-corrected chi connectivity index (χ1v) is 7.17. The van der Waals surface area contributed by atoms with Crippen molar-refractivity contribution in [2.24, 2.45) is 0 Å². The molecule has 4 nitrogen and oxygen atoms in total. The highest BCUT2D eigenvalue weighted by Gasteiger charge is 2.11. The Hall–Kier alpha value is -3.37. The number of methoxy groups -OCH3 is 3. The lowest BCUT2D eigenvalue weighted by atomic mass is 10.2. The molecule has 1 aromatic heterocycles. The number of allylic oxidation sites excluding steroid dienone is 2. The van der Waals surface area contributed by atoms with Gasteiger partial charge in [0.1, 0.15) is 5.69 Å². The summed E-state index contributed by atoms with van der Waals surface area (Å²) in [4.78, 5) is 4.12. The fraction of sp³-hybridized carbons (Fsp3) is 0.150. The number of hydrogen-bond donors (Lipinski definition) is 0. The van der Waals surface area contributed by atoms with Gasteiger partial charge in [-0.2, -0.15) is 0 Å². The van der Waals surface area contributed by atoms with Crippen molar-refractivity contribution in [3.8, 4) is 40.9 Å². The Labute approximate surface area is 142 Å². The molecular weight excluding hydrogens is 302 g/mol. The lowest BCUT2D eigenvalue weighted by Gasteiger charge is -2.12. The molecule has 24 heavy (non-hydrogen) atoms. The van der Waals surface area contributed by atoms with Crippen LogP contribution in [-0.4, -0.2) is 26.3 Å². The number of rotatable bonds is 3. The zero-order valence-corrected chi connectivity index (χ0v) is 13.8. The zero-order valence-electron chi connectivity index (χ0n) is 13.8. The first-order chi connectivity index (χ1) is 11.8. The van der Waals surface area contributed by atoms with Gasteiger partial charge in [0.2, 0.25) is 5.75 Å². The van der Waals surface area contributed by atoms with Crippen LogP contribution in [0.1, 0.15) is 11.3 Å². The normalized spacial score (nSPS) is 9.46. The van der Waals surface area contributed by atoms with Gasteiger partial charge in [-0.05, 0) is 42.3 Å². The van der Waals surface area contributed by atoms with E-state index >= 15 is 0 Å². The van der Waals surface area contributed by atoms with Crippen molar-refractivity contribution in [2.75, 3.05) is 21.3 Å². The lowest BCUT2D eigenvalue weighted by molar-refractivity contribution is 0.324. The summed E-state index contributed by atoms with van der Waals surface area (Å²) in [6.45, 7) is 0. The Morgan fingerprint density at radius 2 is 1.54 bits per heavy atom. The highest BCUT2D eigenvalue weighted by atomic mass is 16.5. The third-order valence-corrected chi connectivity index (χ3v) is 3.00. The Balaban J connectivity index is 2.13. The largest absolute Gasteiger partial charge is 0.493 e. The van der Waals surface area contributed by atoms with Gasteiger partial charge in [0, 0.05) is 11.8 Å². The molecule has 0 fully saturated rings. The molecule has 0 aliphatic rings. The second kappa shape index (κ2) is 8.92. The van der Waals surface area contributed by atoms with Crippen LogP contribution in [0.4, 0.5) is 0 Å². The molecule has 0 amide bonds. The first-order valence-electron chi connectivity index (χ1n) is 7.17. The molecule has 0 aliphatic heterocycles. The molecule has 0 N–H and O–H groups in total. The fourth-order valence-electron chi connectivity index (χ4n) is 1.91. The molecular formula is C20H17NO3. The minimum Gasteiger partial charge on any atom is -0.493 e. The van der Waals surface area contributed by atoms with Crippen molar-refractivity contribution in [3.05, 3.63) is 59.9 Å². The number of ether oxygens (including phenoxy) is 3. The van der Waals surface area contributed by atoms with Crippen molar-refractivity contribution in [1.29, 1.82) is 0 Å². The predicted molar refractivity (Wildman–Crippen MR) is 93.2 cm³/mol. The third kappa shape index (κ3) is 4.56. The van der Waals surface area contributed by atoms with Gasteiger partial charge in [-0.3, -0.25) is 0 Å². The Morgan fingerprint density at radius 3 is 2.08 bits per heavy atom. The van der Waals surface area contributed by atoms with Gasteiger partial charge in [-0.25, -0.2) is 4.98 Å². The summed E-state index contributed by atoms with van der Waals surface area (Å²) in [6.07, 6.45) is 5.07. The van der Waals surface area contributed by atoms with Crippen LogP contribution in [0.15, 0.2) is 48.7 Å². The summed E-state index contributed by atoms with van der Waals surface area (Å²) in [6, 6.07) is 9.18. The summed E-state index contributed by atoms with van der Waals surface area (Å²) in [5.41, 5.74) is 1.48. The second-order valence-electron chi connectivity index (χ2n) is 4.50. The minimum atomic E-state index is 0.544. The van der Waals surface area contributed by atoms with E-state index in [-0.39, 0.29) is 0 Å². The van der Waals surface area contributed by atoms with Gasteiger partial charge < -0.3 is 14.2 Å². The molecule has 0 unspecified atom stereocenters. The minimum absolute atomic E-state index is 0.544. The van der Waals surface area contributed by atoms with Crippen molar-refractivity contribution in [1.82, 2.24) is 4.98 Å². The van der Waals surface area contributed by atoms with Crippen LogP contribution in [0.2, 0.25) is 0 Å². The van der Waals surface area contributed by atoms with Crippen molar-refractivity contribution < 1.29 is 14.2 Å². The molecule has 0 atom stereocenters. The fourth-order valence-corrected chi connectivity index (χ4v) is 1.91. The van der Waals surface area contributed by atoms with Gasteiger partial charge in [-0.1, -0.05) is 23.8 Å². The van der Waals surface area contributed by atoms with E-state index in [1.165, 1.54) is 0 Å². The van der Waals surface area contributed by atoms with Gasteiger partial charge in [0.15, 0.2) is 11.5 Å². The van der Waals surface area contributed by atoms with Gasteiger partial charge in [0.25, 0.3) is 0 Å². The Bertz CT molecular complexity index is 809. The molecule has 0 radical (unpaired) electrons. The smallest absolute Gasteiger partial charge is 0.203 e. The van der Waals surface area contributed by atoms with E-state index in [9.17, 15) is 0 Å². The molecule has 120 valence electrons. The number of aromatic nitrogens is 1. The number of pyridine rings is 1. The molecule has 1 heterocycles. The first kappa shape index (κ1) is 17.0. The van der Waals surface area contributed by atoms with Crippen LogP contribution >= 0.6 is 0 Å². The van der Waals surface area contributed by atoms with Crippen LogP contribution in [0, 0.1) is 23.7 Å². The average Bonchev–Trinajstić information content (AvgIpc) is 2.64. The average molecular weight is 319 g/mol. The van der Waals surface area contributed by atoms with Crippen LogP contribution in [0.5, 0.6) is 17.2 Å². The zero-order chi connectivity index (χ0) is 17.2. The van der Waals surface area contributed by atoms with Crippen LogP contribution in [0.3, 0.4) is 0 Å². The van der Waals surface area contributed by atoms with E-state index in [0.717, 1.165) is 11.3 Å². The lowest BCUT2D eigenvalue weighted by Crippen LogP contribution is -1.95. The number of benzene rings is 1. The summed E-state index contributed by atoms with van der Waals surface area (Å²) >= 11 is 0. The summed E-state index contributed by atoms with van der Waals surface area (Å²) in [5.74, 6) is 13.4. The van der Waals surface area contributed by atoms with E-state index in [1.54, 1.807) is 51.8 Å². The maximum Gasteiger partial charge on any atom is 0.203 e. The van der Waals surface area contributed by atoms with Crippen LogP contribution in [-0.2, 0) is 0 Å². The second-order valence-corrected chi connectivity index (χ2v) is 4.50. The molecule has 0 aliphatic carbocycles. The van der Waals surface area contributed by atoms with Gasteiger partial charge in [-0.15, -0.1) is 0 Å². The molecule has 2 rings (SSSR count). The number of nitrogens with zero attached hydrogens (tertiary/aromatic N) is 1. The highest BCUT2D eigenvalue weighted by molar-refractivity contribution is 5.57. The molecule has 1 aromatic carbocycles. The predicted octanol–water partition coefficient (Wildman–Crippen LogP) is 3.07. The quantitative estimate of drug-likeness (QED) is 0.815. The molecule has 0 bridgehead atoms. The SMILES string of the molecule is COc1cc(C#C/C=C\C#Cc2ccccn2)cc(OC)c1OC. The summed E-state index contributed by atoms with van der Waals surface area (Å²) in [7, 11) is 4.71. The van der Waals surface area contributed by atoms with E-state index in [2.05, 4.69) is 28.7 Å². The third-order valence-electron chi connectivity index (χ3n) is 3.00. The van der Waals surface area contributed by atoms with Crippen molar-refractivity contribution in [2.45, 2.75) is 0 Å². The van der Waals surface area contributed by atoms with Crippen LogP contribution < -0.4 is 14.2 Å². The van der Waals surface area contributed by atoms with E-state index < -0.39 is 0 Å². The van der Waals surface area contributed by atoms with E-state index in [4.69, 9.17) is 14.2 Å². The standard InChI is InChI=1S/C20H17NO3/c1-22-18-14-16(15-19(23-2)20(18)24-3)10-6-4-5-7-11-17-12-8-9-13-21-17/h4-5,8-9,12-15H,1-3H3/b5-4-. The molecule has 4 heteroatoms. The molecule has 0 spiro atoms. The van der Waals surface area contributed by atoms with Crippen LogP contribution in [0.25, 0.3) is 0 Å². The summed E-state index contributed by atoms with van der Waals surface area (Å²) in [5, 5.41) is 0. The highest BCUT2D eigenvalue weighted by Crippen LogP contribution is 2.37. The van der Waals surface area contributed by atoms with E-state index in [1.807, 2.05) is 18.2 Å². The summed E-state index contributed by atoms with van der Waals surface area (Å²) < 4.78 is 15.9. The molecule has 2 aromatic rings. The van der Waals surface area contributed by atoms with Gasteiger partial charge in [0.05, 0.1) is 21.3 Å². The van der Waals surface area contributed by atoms with Crippen molar-refractivity contribution >= 4 is 0 Å².